The number of furan rings is 1. The smallest absolute Gasteiger partial charge is 0.357 e. The number of tetrazole rings is 1. The van der Waals surface area contributed by atoms with Crippen molar-refractivity contribution < 1.29 is 18.7 Å². The van der Waals surface area contributed by atoms with E-state index in [2.05, 4.69) is 15.5 Å². The van der Waals surface area contributed by atoms with Crippen LogP contribution in [0.25, 0.3) is 23.2 Å². The Morgan fingerprint density at radius 3 is 2.67 bits per heavy atom. The van der Waals surface area contributed by atoms with Gasteiger partial charge in [0, 0.05) is 23.9 Å². The highest BCUT2D eigenvalue weighted by atomic mass is 16.5. The number of fused-ring (bicyclic) bond motifs is 1. The van der Waals surface area contributed by atoms with Gasteiger partial charge in [0.2, 0.25) is 0 Å². The largest absolute Gasteiger partial charge is 0.465 e. The van der Waals surface area contributed by atoms with Crippen LogP contribution in [0, 0.1) is 0 Å². The van der Waals surface area contributed by atoms with E-state index >= 15 is 0 Å². The van der Waals surface area contributed by atoms with E-state index in [1.54, 1.807) is 17.0 Å². The molecule has 4 aromatic rings. The molecule has 0 spiro atoms. The second-order valence-electron chi connectivity index (χ2n) is 7.33. The molecule has 0 N–H and O–H groups in total. The molecule has 9 heteroatoms. The minimum absolute atomic E-state index is 0.0171. The summed E-state index contributed by atoms with van der Waals surface area (Å²) in [7, 11) is 0. The van der Waals surface area contributed by atoms with Crippen molar-refractivity contribution in [3.63, 3.8) is 0 Å². The first kappa shape index (κ1) is 20.4. The van der Waals surface area contributed by atoms with Crippen molar-refractivity contribution in [2.75, 3.05) is 18.1 Å². The molecule has 0 bridgehead atoms. The van der Waals surface area contributed by atoms with Crippen molar-refractivity contribution in [3.05, 3.63) is 84.3 Å². The molecule has 9 nitrogen and oxygen atoms in total. The molecule has 0 radical (unpaired) electrons. The molecule has 0 saturated heterocycles. The van der Waals surface area contributed by atoms with Crippen LogP contribution in [0.3, 0.4) is 0 Å². The molecule has 0 aliphatic carbocycles. The lowest BCUT2D eigenvalue weighted by atomic mass is 10.2. The number of nitrogens with zero attached hydrogens (tertiary/aromatic N) is 5. The number of amides is 1. The molecule has 0 saturated carbocycles. The highest BCUT2D eigenvalue weighted by molar-refractivity contribution is 6.16. The first-order valence-corrected chi connectivity index (χ1v) is 10.4. The fourth-order valence-corrected chi connectivity index (χ4v) is 3.71. The van der Waals surface area contributed by atoms with Crippen LogP contribution in [0.2, 0.25) is 0 Å². The zero-order valence-corrected chi connectivity index (χ0v) is 17.5. The number of hydrogen-bond donors (Lipinski definition) is 0. The lowest BCUT2D eigenvalue weighted by molar-refractivity contribution is -0.142. The zero-order chi connectivity index (χ0) is 22.6. The monoisotopic (exact) mass is 441 g/mol. The van der Waals surface area contributed by atoms with Gasteiger partial charge in [-0.05, 0) is 40.6 Å². The predicted octanol–water partition coefficient (Wildman–Crippen LogP) is 3.06. The fourth-order valence-electron chi connectivity index (χ4n) is 3.71. The van der Waals surface area contributed by atoms with Crippen molar-refractivity contribution in [1.29, 1.82) is 0 Å². The molecule has 2 aromatic heterocycles. The third kappa shape index (κ3) is 4.16. The Hall–Kier alpha value is -4.53. The van der Waals surface area contributed by atoms with Gasteiger partial charge < -0.3 is 14.1 Å². The van der Waals surface area contributed by atoms with E-state index in [-0.39, 0.29) is 11.6 Å². The second-order valence-corrected chi connectivity index (χ2v) is 7.33. The summed E-state index contributed by atoms with van der Waals surface area (Å²) in [4.78, 5) is 27.5. The van der Waals surface area contributed by atoms with Gasteiger partial charge in [0.25, 0.3) is 5.91 Å². The number of esters is 1. The van der Waals surface area contributed by atoms with Crippen molar-refractivity contribution in [2.45, 2.75) is 6.42 Å². The summed E-state index contributed by atoms with van der Waals surface area (Å²) in [6.45, 7) is 0.140. The van der Waals surface area contributed by atoms with Gasteiger partial charge in [0.15, 0.2) is 18.1 Å². The minimum Gasteiger partial charge on any atom is -0.465 e. The molecule has 5 rings (SSSR count). The van der Waals surface area contributed by atoms with E-state index in [4.69, 9.17) is 9.15 Å². The Bertz CT molecular complexity index is 1310. The Morgan fingerprint density at radius 2 is 1.85 bits per heavy atom. The maximum Gasteiger partial charge on any atom is 0.357 e. The van der Waals surface area contributed by atoms with Crippen LogP contribution in [0.1, 0.15) is 11.3 Å². The third-order valence-electron chi connectivity index (χ3n) is 5.28. The summed E-state index contributed by atoms with van der Waals surface area (Å²) in [5, 5.41) is 11.8. The third-order valence-corrected chi connectivity index (χ3v) is 5.28. The molecular formula is C24H19N5O4. The molecule has 0 atom stereocenters. The van der Waals surface area contributed by atoms with E-state index < -0.39 is 12.6 Å². The number of anilines is 1. The van der Waals surface area contributed by atoms with Crippen LogP contribution in [-0.4, -0.2) is 45.2 Å². The number of hydrogen-bond acceptors (Lipinski definition) is 7. The molecule has 164 valence electrons. The van der Waals surface area contributed by atoms with Crippen molar-refractivity contribution in [2.24, 2.45) is 0 Å². The number of benzene rings is 2. The highest BCUT2D eigenvalue weighted by Crippen LogP contribution is 2.27. The van der Waals surface area contributed by atoms with Crippen LogP contribution in [0.15, 0.2) is 77.4 Å². The SMILES string of the molecule is O=C(OCC(=O)N1CCc2ccccc21)C(=Cc1ccco1)n1nnnc1-c1ccccc1. The van der Waals surface area contributed by atoms with Gasteiger partial charge in [-0.25, -0.2) is 4.79 Å². The van der Waals surface area contributed by atoms with Crippen LogP contribution >= 0.6 is 0 Å². The zero-order valence-electron chi connectivity index (χ0n) is 17.5. The van der Waals surface area contributed by atoms with Crippen LogP contribution in [-0.2, 0) is 20.7 Å². The van der Waals surface area contributed by atoms with E-state index in [1.807, 2.05) is 54.6 Å². The Kier molecular flexibility index (Phi) is 5.50. The van der Waals surface area contributed by atoms with Gasteiger partial charge in [-0.2, -0.15) is 4.68 Å². The number of carbonyl (C=O) groups is 2. The van der Waals surface area contributed by atoms with Crippen molar-refractivity contribution in [3.8, 4) is 11.4 Å². The minimum atomic E-state index is -0.753. The summed E-state index contributed by atoms with van der Waals surface area (Å²) in [5.74, 6) is -0.288. The maximum atomic E-state index is 13.1. The lowest BCUT2D eigenvalue weighted by Crippen LogP contribution is -2.33. The summed E-state index contributed by atoms with van der Waals surface area (Å²) in [5.41, 5.74) is 2.67. The molecule has 2 aromatic carbocycles. The number of carbonyl (C=O) groups excluding carboxylic acids is 2. The van der Waals surface area contributed by atoms with Crippen molar-refractivity contribution in [1.82, 2.24) is 20.2 Å². The maximum absolute atomic E-state index is 13.1. The summed E-state index contributed by atoms with van der Waals surface area (Å²) >= 11 is 0. The van der Waals surface area contributed by atoms with Crippen LogP contribution in [0.5, 0.6) is 0 Å². The lowest BCUT2D eigenvalue weighted by Gasteiger charge is -2.17. The first-order valence-electron chi connectivity index (χ1n) is 10.4. The normalized spacial score (nSPS) is 13.1. The summed E-state index contributed by atoms with van der Waals surface area (Å²) in [6, 6.07) is 20.3. The Labute approximate surface area is 188 Å². The van der Waals surface area contributed by atoms with E-state index in [9.17, 15) is 9.59 Å². The Morgan fingerprint density at radius 1 is 1.03 bits per heavy atom. The van der Waals surface area contributed by atoms with Gasteiger partial charge in [-0.1, -0.05) is 48.5 Å². The Balaban J connectivity index is 1.39. The molecule has 33 heavy (non-hydrogen) atoms. The van der Waals surface area contributed by atoms with E-state index in [0.717, 1.165) is 17.7 Å². The topological polar surface area (TPSA) is 103 Å². The molecule has 1 aliphatic heterocycles. The molecule has 1 amide bonds. The van der Waals surface area contributed by atoms with E-state index in [1.165, 1.54) is 17.0 Å². The van der Waals surface area contributed by atoms with Gasteiger partial charge in [-0.3, -0.25) is 4.79 Å². The fraction of sp³-hybridized carbons (Fsp3) is 0.125. The average Bonchev–Trinajstić information content (AvgIpc) is 3.62. The summed E-state index contributed by atoms with van der Waals surface area (Å²) < 4.78 is 12.0. The standard InChI is InChI=1S/C24H19N5O4/c30-22(28-13-12-17-7-4-5-11-20(17)28)16-33-24(31)21(15-19-10-6-14-32-19)29-23(25-26-27-29)18-8-2-1-3-9-18/h1-11,14-15H,12-13,16H2. The van der Waals surface area contributed by atoms with Crippen LogP contribution in [0.4, 0.5) is 5.69 Å². The molecule has 0 fully saturated rings. The molecular weight excluding hydrogens is 422 g/mol. The number of rotatable bonds is 6. The quantitative estimate of drug-likeness (QED) is 0.335. The van der Waals surface area contributed by atoms with Gasteiger partial charge in [0.1, 0.15) is 5.76 Å². The van der Waals surface area contributed by atoms with E-state index in [0.29, 0.717) is 23.7 Å². The number of aromatic nitrogens is 4. The van der Waals surface area contributed by atoms with Gasteiger partial charge >= 0.3 is 5.97 Å². The predicted molar refractivity (Wildman–Crippen MR) is 120 cm³/mol. The van der Waals surface area contributed by atoms with Crippen LogP contribution < -0.4 is 4.90 Å². The van der Waals surface area contributed by atoms with Gasteiger partial charge in [-0.15, -0.1) is 5.10 Å². The van der Waals surface area contributed by atoms with Crippen molar-refractivity contribution >= 4 is 29.3 Å². The first-order chi connectivity index (χ1) is 16.2. The highest BCUT2D eigenvalue weighted by Gasteiger charge is 2.27. The second kappa shape index (κ2) is 8.91. The van der Waals surface area contributed by atoms with Gasteiger partial charge in [0.05, 0.1) is 6.26 Å². The molecule has 1 aliphatic rings. The average molecular weight is 441 g/mol. The molecule has 3 heterocycles. The number of ether oxygens (including phenoxy) is 1. The molecule has 0 unspecified atom stereocenters. The summed E-state index contributed by atoms with van der Waals surface area (Å²) in [6.07, 6.45) is 3.73. The number of para-hydroxylation sites is 1.